The first-order valence-corrected chi connectivity index (χ1v) is 6.66. The molecule has 1 atom stereocenters. The smallest absolute Gasteiger partial charge is 0.159 e. The highest BCUT2D eigenvalue weighted by molar-refractivity contribution is 6.05. The Hall–Kier alpha value is -2.64. The van der Waals surface area contributed by atoms with E-state index in [1.54, 1.807) is 12.3 Å². The molecular weight excluding hydrogens is 290 g/mol. The molecule has 2 aromatic heterocycles. The van der Waals surface area contributed by atoms with Crippen LogP contribution in [0.25, 0.3) is 11.0 Å². The van der Waals surface area contributed by atoms with Crippen molar-refractivity contribution in [1.29, 1.82) is 5.41 Å². The van der Waals surface area contributed by atoms with Crippen molar-refractivity contribution in [3.05, 3.63) is 36.1 Å². The number of nitrogens with one attached hydrogen (secondary N) is 1. The summed E-state index contributed by atoms with van der Waals surface area (Å²) in [6.45, 7) is 1.50. The molecule has 2 aromatic rings. The minimum Gasteiger partial charge on any atom is -0.382 e. The fourth-order valence-corrected chi connectivity index (χ4v) is 2.36. The van der Waals surface area contributed by atoms with Gasteiger partial charge in [0.2, 0.25) is 0 Å². The molecule has 3 rings (SSSR count). The largest absolute Gasteiger partial charge is 0.382 e. The number of hydrogen-bond acceptors (Lipinski definition) is 4. The van der Waals surface area contributed by atoms with Gasteiger partial charge < -0.3 is 5.73 Å². The van der Waals surface area contributed by atoms with E-state index >= 15 is 0 Å². The molecule has 8 heteroatoms. The third kappa shape index (κ3) is 2.36. The molecule has 0 radical (unpaired) electrons. The number of allylic oxidation sites excluding steroid dienone is 1. The van der Waals surface area contributed by atoms with Gasteiger partial charge in [-0.3, -0.25) is 10.4 Å². The summed E-state index contributed by atoms with van der Waals surface area (Å²) in [7, 11) is 0. The zero-order valence-corrected chi connectivity index (χ0v) is 11.8. The summed E-state index contributed by atoms with van der Waals surface area (Å²) in [5.74, 6) is -0.854. The Balaban J connectivity index is 2.10. The van der Waals surface area contributed by atoms with E-state index in [2.05, 4.69) is 15.1 Å². The van der Waals surface area contributed by atoms with Crippen LogP contribution in [-0.4, -0.2) is 32.0 Å². The van der Waals surface area contributed by atoms with Crippen molar-refractivity contribution in [2.45, 2.75) is 25.6 Å². The highest BCUT2D eigenvalue weighted by Crippen LogP contribution is 2.25. The Bertz CT molecular complexity index is 818. The van der Waals surface area contributed by atoms with Gasteiger partial charge >= 0.3 is 0 Å². The SMILES string of the molecule is CC1(F)CC=CN=C1Cn1nc(C(=N)N)c2cc(F)cnc21. The average molecular weight is 304 g/mol. The van der Waals surface area contributed by atoms with E-state index in [4.69, 9.17) is 11.1 Å². The van der Waals surface area contributed by atoms with Gasteiger partial charge in [-0.05, 0) is 13.0 Å². The molecule has 0 saturated heterocycles. The molecule has 1 aliphatic heterocycles. The lowest BCUT2D eigenvalue weighted by atomic mass is 9.96. The molecule has 0 aliphatic carbocycles. The first kappa shape index (κ1) is 14.3. The van der Waals surface area contributed by atoms with E-state index in [1.165, 1.54) is 17.7 Å². The normalized spacial score (nSPS) is 21.1. The molecule has 114 valence electrons. The van der Waals surface area contributed by atoms with Crippen LogP contribution in [0.4, 0.5) is 8.78 Å². The molecule has 3 N–H and O–H groups in total. The standard InChI is InChI=1S/C14H14F2N6/c1-14(16)3-2-4-19-10(14)7-22-13-9(5-8(15)6-20-13)11(21-22)12(17)18/h2,4-6H,3,7H2,1H3,(H3,17,18). The fraction of sp³-hybridized carbons (Fsp3) is 0.286. The van der Waals surface area contributed by atoms with Crippen molar-refractivity contribution in [1.82, 2.24) is 14.8 Å². The van der Waals surface area contributed by atoms with Crippen molar-refractivity contribution >= 4 is 22.6 Å². The molecule has 22 heavy (non-hydrogen) atoms. The van der Waals surface area contributed by atoms with Crippen molar-refractivity contribution < 1.29 is 8.78 Å². The molecule has 0 bridgehead atoms. The predicted molar refractivity (Wildman–Crippen MR) is 79.2 cm³/mol. The number of fused-ring (bicyclic) bond motifs is 1. The molecule has 1 aliphatic rings. The van der Waals surface area contributed by atoms with Crippen LogP contribution in [0.3, 0.4) is 0 Å². The monoisotopic (exact) mass is 304 g/mol. The Morgan fingerprint density at radius 1 is 1.55 bits per heavy atom. The first-order valence-electron chi connectivity index (χ1n) is 6.66. The summed E-state index contributed by atoms with van der Waals surface area (Å²) in [5, 5.41) is 12.0. The number of rotatable bonds is 3. The van der Waals surface area contributed by atoms with Crippen molar-refractivity contribution in [2.75, 3.05) is 0 Å². The Morgan fingerprint density at radius 2 is 2.32 bits per heavy atom. The summed E-state index contributed by atoms with van der Waals surface area (Å²) in [4.78, 5) is 8.04. The Labute approximate surface area is 124 Å². The number of aliphatic imine (C=N–C) groups is 1. The fourth-order valence-electron chi connectivity index (χ4n) is 2.36. The van der Waals surface area contributed by atoms with E-state index in [1.807, 2.05) is 0 Å². The summed E-state index contributed by atoms with van der Waals surface area (Å²) in [6.07, 6.45) is 4.47. The van der Waals surface area contributed by atoms with Gasteiger partial charge in [-0.1, -0.05) is 6.08 Å². The van der Waals surface area contributed by atoms with Crippen LogP contribution in [0, 0.1) is 11.2 Å². The van der Waals surface area contributed by atoms with Crippen LogP contribution < -0.4 is 5.73 Å². The van der Waals surface area contributed by atoms with Crippen LogP contribution in [0.5, 0.6) is 0 Å². The van der Waals surface area contributed by atoms with Gasteiger partial charge in [0.15, 0.2) is 11.3 Å². The van der Waals surface area contributed by atoms with Gasteiger partial charge in [-0.15, -0.1) is 0 Å². The molecule has 0 aromatic carbocycles. The van der Waals surface area contributed by atoms with Crippen molar-refractivity contribution in [3.8, 4) is 0 Å². The summed E-state index contributed by atoms with van der Waals surface area (Å²) in [5.41, 5.74) is 4.64. The van der Waals surface area contributed by atoms with Crippen LogP contribution in [0.1, 0.15) is 19.0 Å². The second kappa shape index (κ2) is 4.97. The van der Waals surface area contributed by atoms with Gasteiger partial charge in [0.05, 0.1) is 23.8 Å². The van der Waals surface area contributed by atoms with Crippen molar-refractivity contribution in [3.63, 3.8) is 0 Å². The van der Waals surface area contributed by atoms with Gasteiger partial charge in [0.1, 0.15) is 17.3 Å². The topological polar surface area (TPSA) is 92.9 Å². The number of amidine groups is 1. The number of aromatic nitrogens is 3. The summed E-state index contributed by atoms with van der Waals surface area (Å²) < 4.78 is 29.2. The number of nitrogen functional groups attached to an aromatic ring is 1. The van der Waals surface area contributed by atoms with E-state index in [0.29, 0.717) is 16.7 Å². The lowest BCUT2D eigenvalue weighted by Gasteiger charge is -2.23. The minimum absolute atomic E-state index is 0.0553. The number of alkyl halides is 1. The zero-order chi connectivity index (χ0) is 15.9. The van der Waals surface area contributed by atoms with Crippen LogP contribution in [0.2, 0.25) is 0 Å². The number of hydrogen-bond donors (Lipinski definition) is 2. The second-order valence-electron chi connectivity index (χ2n) is 5.31. The Kier molecular flexibility index (Phi) is 3.23. The second-order valence-corrected chi connectivity index (χ2v) is 5.31. The number of pyridine rings is 1. The first-order chi connectivity index (χ1) is 10.4. The molecule has 0 saturated carbocycles. The molecule has 1 unspecified atom stereocenters. The van der Waals surface area contributed by atoms with Crippen molar-refractivity contribution in [2.24, 2.45) is 10.7 Å². The maximum Gasteiger partial charge on any atom is 0.159 e. The summed E-state index contributed by atoms with van der Waals surface area (Å²) >= 11 is 0. The molecule has 6 nitrogen and oxygen atoms in total. The van der Waals surface area contributed by atoms with E-state index in [9.17, 15) is 8.78 Å². The third-order valence-corrected chi connectivity index (χ3v) is 3.55. The predicted octanol–water partition coefficient (Wildman–Crippen LogP) is 1.94. The Morgan fingerprint density at radius 3 is 3.00 bits per heavy atom. The van der Waals surface area contributed by atoms with Crippen LogP contribution >= 0.6 is 0 Å². The van der Waals surface area contributed by atoms with Gasteiger partial charge in [0.25, 0.3) is 0 Å². The minimum atomic E-state index is -1.58. The van der Waals surface area contributed by atoms with Gasteiger partial charge in [0, 0.05) is 12.6 Å². The van der Waals surface area contributed by atoms with Crippen LogP contribution in [0.15, 0.2) is 29.5 Å². The van der Waals surface area contributed by atoms with E-state index in [-0.39, 0.29) is 24.5 Å². The number of nitrogens with two attached hydrogens (primary N) is 1. The lowest BCUT2D eigenvalue weighted by Crippen LogP contribution is -2.34. The zero-order valence-electron chi connectivity index (χ0n) is 11.8. The molecule has 0 amide bonds. The molecule has 3 heterocycles. The molecular formula is C14H14F2N6. The molecule has 0 fully saturated rings. The van der Waals surface area contributed by atoms with Gasteiger partial charge in [-0.25, -0.2) is 18.4 Å². The quantitative estimate of drug-likeness (QED) is 0.670. The van der Waals surface area contributed by atoms with E-state index in [0.717, 1.165) is 6.20 Å². The third-order valence-electron chi connectivity index (χ3n) is 3.55. The maximum atomic E-state index is 14.5. The van der Waals surface area contributed by atoms with Gasteiger partial charge in [-0.2, -0.15) is 5.10 Å². The highest BCUT2D eigenvalue weighted by Gasteiger charge is 2.31. The highest BCUT2D eigenvalue weighted by atomic mass is 19.1. The van der Waals surface area contributed by atoms with E-state index < -0.39 is 11.5 Å². The summed E-state index contributed by atoms with van der Waals surface area (Å²) in [6, 6.07) is 1.21. The van der Waals surface area contributed by atoms with Crippen LogP contribution in [-0.2, 0) is 6.54 Å². The number of halogens is 2. The lowest BCUT2D eigenvalue weighted by molar-refractivity contribution is 0.279. The molecule has 0 spiro atoms. The maximum absolute atomic E-state index is 14.5. The average Bonchev–Trinajstić information content (AvgIpc) is 2.79. The number of nitrogens with zero attached hydrogens (tertiary/aromatic N) is 4.